The fourth-order valence-corrected chi connectivity index (χ4v) is 2.71. The summed E-state index contributed by atoms with van der Waals surface area (Å²) in [5, 5.41) is 4.04. The predicted octanol–water partition coefficient (Wildman–Crippen LogP) is 2.74. The molecule has 3 rings (SSSR count). The Bertz CT molecular complexity index is 542. The lowest BCUT2D eigenvalue weighted by Crippen LogP contribution is -2.33. The largest absolute Gasteiger partial charge is 0.321 e. The van der Waals surface area contributed by atoms with Crippen LogP contribution in [-0.2, 0) is 5.54 Å². The van der Waals surface area contributed by atoms with E-state index in [1.807, 2.05) is 6.07 Å². The van der Waals surface area contributed by atoms with Crippen LogP contribution in [0.5, 0.6) is 0 Å². The van der Waals surface area contributed by atoms with Gasteiger partial charge in [-0.15, -0.1) is 0 Å². The van der Waals surface area contributed by atoms with Gasteiger partial charge >= 0.3 is 0 Å². The van der Waals surface area contributed by atoms with E-state index in [9.17, 15) is 4.39 Å². The summed E-state index contributed by atoms with van der Waals surface area (Å²) in [7, 11) is 0. The Hall–Kier alpha value is -1.68. The van der Waals surface area contributed by atoms with Gasteiger partial charge in [-0.3, -0.25) is 0 Å². The Balaban J connectivity index is 1.99. The number of aromatic nitrogens is 2. The molecule has 0 spiro atoms. The average Bonchev–Trinajstić information content (AvgIpc) is 3.00. The van der Waals surface area contributed by atoms with E-state index in [2.05, 4.69) is 5.10 Å². The van der Waals surface area contributed by atoms with Crippen molar-refractivity contribution in [3.8, 4) is 5.69 Å². The molecular formula is C14H16FN3. The number of rotatable bonds is 2. The number of hydrogen-bond acceptors (Lipinski definition) is 2. The van der Waals surface area contributed by atoms with Crippen molar-refractivity contribution < 1.29 is 4.39 Å². The highest BCUT2D eigenvalue weighted by atomic mass is 19.1. The highest BCUT2D eigenvalue weighted by Crippen LogP contribution is 2.36. The van der Waals surface area contributed by atoms with Gasteiger partial charge in [-0.25, -0.2) is 9.07 Å². The highest BCUT2D eigenvalue weighted by Gasteiger charge is 2.31. The quantitative estimate of drug-likeness (QED) is 0.884. The molecule has 1 fully saturated rings. The lowest BCUT2D eigenvalue weighted by molar-refractivity contribution is 0.457. The van der Waals surface area contributed by atoms with Crippen LogP contribution < -0.4 is 5.73 Å². The number of halogens is 1. The molecule has 2 aromatic rings. The first kappa shape index (κ1) is 11.4. The molecule has 2 N–H and O–H groups in total. The van der Waals surface area contributed by atoms with Gasteiger partial charge in [0.25, 0.3) is 0 Å². The first-order chi connectivity index (χ1) is 8.69. The van der Waals surface area contributed by atoms with Gasteiger partial charge in [-0.1, -0.05) is 18.9 Å². The minimum Gasteiger partial charge on any atom is -0.321 e. The van der Waals surface area contributed by atoms with Crippen molar-refractivity contribution in [3.63, 3.8) is 0 Å². The van der Waals surface area contributed by atoms with Crippen molar-refractivity contribution in [2.24, 2.45) is 5.73 Å². The monoisotopic (exact) mass is 245 g/mol. The smallest absolute Gasteiger partial charge is 0.149 e. The van der Waals surface area contributed by atoms with Crippen LogP contribution in [0, 0.1) is 5.82 Å². The second-order valence-electron chi connectivity index (χ2n) is 4.98. The van der Waals surface area contributed by atoms with Gasteiger partial charge < -0.3 is 5.73 Å². The first-order valence-corrected chi connectivity index (χ1v) is 6.28. The van der Waals surface area contributed by atoms with E-state index in [0.717, 1.165) is 31.2 Å². The van der Waals surface area contributed by atoms with Crippen LogP contribution >= 0.6 is 0 Å². The molecule has 94 valence electrons. The van der Waals surface area contributed by atoms with Gasteiger partial charge in [-0.05, 0) is 36.6 Å². The van der Waals surface area contributed by atoms with E-state index in [0.29, 0.717) is 5.69 Å². The molecule has 0 unspecified atom stereocenters. The Morgan fingerprint density at radius 3 is 2.67 bits per heavy atom. The predicted molar refractivity (Wildman–Crippen MR) is 67.9 cm³/mol. The van der Waals surface area contributed by atoms with Crippen LogP contribution in [0.4, 0.5) is 4.39 Å². The van der Waals surface area contributed by atoms with Gasteiger partial charge in [0.05, 0.1) is 0 Å². The molecule has 1 aromatic carbocycles. The van der Waals surface area contributed by atoms with E-state index >= 15 is 0 Å². The maximum atomic E-state index is 14.1. The fourth-order valence-electron chi connectivity index (χ4n) is 2.71. The van der Waals surface area contributed by atoms with Crippen molar-refractivity contribution in [3.05, 3.63) is 48.0 Å². The Labute approximate surface area is 105 Å². The number of hydrogen-bond donors (Lipinski definition) is 1. The summed E-state index contributed by atoms with van der Waals surface area (Å²) in [5.41, 5.74) is 7.35. The summed E-state index contributed by atoms with van der Waals surface area (Å²) in [4.78, 5) is 0. The van der Waals surface area contributed by atoms with Gasteiger partial charge in [-0.2, -0.15) is 5.10 Å². The molecule has 0 saturated heterocycles. The summed E-state index contributed by atoms with van der Waals surface area (Å²) < 4.78 is 15.6. The van der Waals surface area contributed by atoms with E-state index < -0.39 is 0 Å². The van der Waals surface area contributed by atoms with Crippen molar-refractivity contribution in [2.75, 3.05) is 0 Å². The zero-order chi connectivity index (χ0) is 12.6. The lowest BCUT2D eigenvalue weighted by Gasteiger charge is -2.24. The third-order valence-corrected chi connectivity index (χ3v) is 3.77. The minimum absolute atomic E-state index is 0.270. The molecule has 3 nitrogen and oxygen atoms in total. The molecule has 1 saturated carbocycles. The molecule has 0 bridgehead atoms. The third kappa shape index (κ3) is 1.82. The van der Waals surface area contributed by atoms with Crippen molar-refractivity contribution >= 4 is 0 Å². The normalized spacial score (nSPS) is 18.1. The SMILES string of the molecule is NC1(c2ccc(-n3cccn3)c(F)c2)CCCC1. The maximum absolute atomic E-state index is 14.1. The summed E-state index contributed by atoms with van der Waals surface area (Å²) in [6.07, 6.45) is 7.49. The minimum atomic E-state index is -0.344. The van der Waals surface area contributed by atoms with Crippen LogP contribution in [0.2, 0.25) is 0 Å². The van der Waals surface area contributed by atoms with Crippen LogP contribution in [0.25, 0.3) is 5.69 Å². The zero-order valence-corrected chi connectivity index (χ0v) is 10.1. The summed E-state index contributed by atoms with van der Waals surface area (Å²) in [5.74, 6) is -0.270. The average molecular weight is 245 g/mol. The van der Waals surface area contributed by atoms with Gasteiger partial charge in [0.1, 0.15) is 11.5 Å². The van der Waals surface area contributed by atoms with Crippen LogP contribution in [0.3, 0.4) is 0 Å². The highest BCUT2D eigenvalue weighted by molar-refractivity contribution is 5.38. The van der Waals surface area contributed by atoms with Crippen molar-refractivity contribution in [1.29, 1.82) is 0 Å². The summed E-state index contributed by atoms with van der Waals surface area (Å²) in [6, 6.07) is 7.01. The van der Waals surface area contributed by atoms with Crippen LogP contribution in [0.15, 0.2) is 36.7 Å². The van der Waals surface area contributed by atoms with E-state index in [4.69, 9.17) is 5.73 Å². The van der Waals surface area contributed by atoms with E-state index in [1.165, 1.54) is 4.68 Å². The maximum Gasteiger partial charge on any atom is 0.149 e. The van der Waals surface area contributed by atoms with Crippen molar-refractivity contribution in [1.82, 2.24) is 9.78 Å². The number of nitrogens with zero attached hydrogens (tertiary/aromatic N) is 2. The topological polar surface area (TPSA) is 43.8 Å². The third-order valence-electron chi connectivity index (χ3n) is 3.77. The van der Waals surface area contributed by atoms with Gasteiger partial charge in [0.15, 0.2) is 0 Å². The molecule has 0 aliphatic heterocycles. The first-order valence-electron chi connectivity index (χ1n) is 6.28. The molecule has 0 atom stereocenters. The molecule has 4 heteroatoms. The van der Waals surface area contributed by atoms with Gasteiger partial charge in [0, 0.05) is 17.9 Å². The Kier molecular flexibility index (Phi) is 2.67. The second kappa shape index (κ2) is 4.21. The van der Waals surface area contributed by atoms with Gasteiger partial charge in [0.2, 0.25) is 0 Å². The van der Waals surface area contributed by atoms with E-state index in [1.54, 1.807) is 30.6 Å². The molecule has 1 aromatic heterocycles. The molecule has 0 amide bonds. The van der Waals surface area contributed by atoms with Crippen LogP contribution in [-0.4, -0.2) is 9.78 Å². The molecule has 1 aliphatic rings. The number of nitrogens with two attached hydrogens (primary N) is 1. The van der Waals surface area contributed by atoms with Crippen LogP contribution in [0.1, 0.15) is 31.2 Å². The molecule has 1 aliphatic carbocycles. The Morgan fingerprint density at radius 1 is 1.28 bits per heavy atom. The second-order valence-corrected chi connectivity index (χ2v) is 4.98. The van der Waals surface area contributed by atoms with Crippen molar-refractivity contribution in [2.45, 2.75) is 31.2 Å². The Morgan fingerprint density at radius 2 is 2.06 bits per heavy atom. The molecule has 18 heavy (non-hydrogen) atoms. The molecule has 0 radical (unpaired) electrons. The lowest BCUT2D eigenvalue weighted by atomic mass is 9.89. The summed E-state index contributed by atoms with van der Waals surface area (Å²) >= 11 is 0. The number of benzene rings is 1. The van der Waals surface area contributed by atoms with E-state index in [-0.39, 0.29) is 11.4 Å². The molecule has 1 heterocycles. The zero-order valence-electron chi connectivity index (χ0n) is 10.1. The molecular weight excluding hydrogens is 229 g/mol. The fraction of sp³-hybridized carbons (Fsp3) is 0.357. The standard InChI is InChI=1S/C14H16FN3/c15-12-10-11(14(16)6-1-2-7-14)4-5-13(12)18-9-3-8-17-18/h3-5,8-10H,1-2,6-7,16H2. The summed E-state index contributed by atoms with van der Waals surface area (Å²) in [6.45, 7) is 0.